The van der Waals surface area contributed by atoms with Gasteiger partial charge in [0.1, 0.15) is 11.5 Å². The molecule has 150 valence electrons. The Morgan fingerprint density at radius 1 is 1.03 bits per heavy atom. The molecule has 0 aromatic heterocycles. The number of carbonyl (C=O) groups excluding carboxylic acids is 1. The Morgan fingerprint density at radius 3 is 2.48 bits per heavy atom. The first-order valence-electron chi connectivity index (χ1n) is 8.92. The van der Waals surface area contributed by atoms with Gasteiger partial charge in [0.2, 0.25) is 5.90 Å². The van der Waals surface area contributed by atoms with Crippen LogP contribution in [0.2, 0.25) is 5.02 Å². The van der Waals surface area contributed by atoms with E-state index >= 15 is 0 Å². The van der Waals surface area contributed by atoms with E-state index in [4.69, 9.17) is 35.3 Å². The van der Waals surface area contributed by atoms with Crippen LogP contribution in [0.4, 0.5) is 0 Å². The monoisotopic (exact) mass is 415 g/mol. The van der Waals surface area contributed by atoms with E-state index in [1.165, 1.54) is 0 Å². The third-order valence-corrected chi connectivity index (χ3v) is 4.63. The molecule has 0 saturated heterocycles. The van der Waals surface area contributed by atoms with Gasteiger partial charge in [-0.15, -0.1) is 0 Å². The van der Waals surface area contributed by atoms with Crippen LogP contribution >= 0.6 is 11.6 Å². The van der Waals surface area contributed by atoms with Crippen LogP contribution in [0, 0.1) is 0 Å². The Hall–Kier alpha value is -3.19. The summed E-state index contributed by atoms with van der Waals surface area (Å²) in [6, 6.07) is 8.59. The molecule has 0 amide bonds. The fourth-order valence-electron chi connectivity index (χ4n) is 2.96. The average molecular weight is 416 g/mol. The Balaban J connectivity index is 1.69. The van der Waals surface area contributed by atoms with Crippen molar-refractivity contribution in [2.24, 2.45) is 4.99 Å². The lowest BCUT2D eigenvalue weighted by molar-refractivity contribution is -0.129. The van der Waals surface area contributed by atoms with Gasteiger partial charge in [0.15, 0.2) is 17.2 Å². The molecule has 7 nitrogen and oxygen atoms in total. The number of aliphatic imine (C=N–C) groups is 1. The van der Waals surface area contributed by atoms with Crippen molar-refractivity contribution in [3.8, 4) is 23.0 Å². The predicted molar refractivity (Wildman–Crippen MR) is 107 cm³/mol. The quantitative estimate of drug-likeness (QED) is 0.557. The Kier molecular flexibility index (Phi) is 5.31. The molecule has 0 bridgehead atoms. The molecule has 2 aromatic carbocycles. The predicted octanol–water partition coefficient (Wildman–Crippen LogP) is 3.86. The first kappa shape index (κ1) is 19.1. The van der Waals surface area contributed by atoms with Crippen molar-refractivity contribution in [2.75, 3.05) is 27.4 Å². The summed E-state index contributed by atoms with van der Waals surface area (Å²) in [5.41, 5.74) is 1.36. The molecule has 2 aliphatic heterocycles. The van der Waals surface area contributed by atoms with Gasteiger partial charge in [-0.2, -0.15) is 0 Å². The van der Waals surface area contributed by atoms with Crippen molar-refractivity contribution < 1.29 is 28.5 Å². The van der Waals surface area contributed by atoms with E-state index in [9.17, 15) is 4.79 Å². The highest BCUT2D eigenvalue weighted by atomic mass is 35.5. The fourth-order valence-corrected chi connectivity index (χ4v) is 3.23. The molecule has 0 radical (unpaired) electrons. The van der Waals surface area contributed by atoms with Gasteiger partial charge in [0.05, 0.1) is 32.5 Å². The van der Waals surface area contributed by atoms with Crippen LogP contribution < -0.4 is 18.9 Å². The van der Waals surface area contributed by atoms with Crippen molar-refractivity contribution in [3.63, 3.8) is 0 Å². The lowest BCUT2D eigenvalue weighted by atomic mass is 10.1. The maximum Gasteiger partial charge on any atom is 0.363 e. The summed E-state index contributed by atoms with van der Waals surface area (Å²) < 4.78 is 27.1. The number of methoxy groups -OCH3 is 2. The third-order valence-electron chi connectivity index (χ3n) is 4.35. The Labute approximate surface area is 172 Å². The number of ether oxygens (including phenoxy) is 5. The highest BCUT2D eigenvalue weighted by Gasteiger charge is 2.25. The van der Waals surface area contributed by atoms with Gasteiger partial charge in [-0.05, 0) is 35.9 Å². The van der Waals surface area contributed by atoms with Gasteiger partial charge in [-0.25, -0.2) is 9.79 Å². The van der Waals surface area contributed by atoms with Crippen molar-refractivity contribution >= 4 is 29.5 Å². The lowest BCUT2D eigenvalue weighted by Crippen LogP contribution is -2.06. The molecular formula is C21H18ClNO6. The van der Waals surface area contributed by atoms with Crippen LogP contribution in [-0.4, -0.2) is 39.3 Å². The molecule has 0 saturated carbocycles. The number of esters is 1. The smallest absolute Gasteiger partial charge is 0.363 e. The standard InChI is InChI=1S/C21H18ClNO6/c1-25-14-9-13(10-15(11-14)26-2)20-23-17(21(24)29-20)7-12-6-16(22)19-18(8-12)27-4-3-5-28-19/h6-11H,3-5H2,1-2H3/b17-7-. The van der Waals surface area contributed by atoms with Gasteiger partial charge < -0.3 is 23.7 Å². The lowest BCUT2D eigenvalue weighted by Gasteiger charge is -2.10. The molecule has 0 spiro atoms. The van der Waals surface area contributed by atoms with Crippen LogP contribution in [0.25, 0.3) is 6.08 Å². The molecule has 0 N–H and O–H groups in total. The second-order valence-corrected chi connectivity index (χ2v) is 6.73. The molecule has 8 heteroatoms. The molecule has 0 aliphatic carbocycles. The fraction of sp³-hybridized carbons (Fsp3) is 0.238. The minimum atomic E-state index is -0.565. The van der Waals surface area contributed by atoms with Crippen LogP contribution in [0.3, 0.4) is 0 Å². The summed E-state index contributed by atoms with van der Waals surface area (Å²) >= 11 is 6.32. The zero-order chi connectivity index (χ0) is 20.4. The second-order valence-electron chi connectivity index (χ2n) is 6.32. The topological polar surface area (TPSA) is 75.6 Å². The number of halogens is 1. The number of fused-ring (bicyclic) bond motifs is 1. The van der Waals surface area contributed by atoms with Gasteiger partial charge in [-0.1, -0.05) is 11.6 Å². The molecule has 2 aliphatic rings. The molecular weight excluding hydrogens is 398 g/mol. The van der Waals surface area contributed by atoms with E-state index in [-0.39, 0.29) is 11.6 Å². The van der Waals surface area contributed by atoms with Gasteiger partial charge in [-0.3, -0.25) is 0 Å². The number of nitrogens with zero attached hydrogens (tertiary/aromatic N) is 1. The highest BCUT2D eigenvalue weighted by Crippen LogP contribution is 2.38. The molecule has 4 rings (SSSR count). The van der Waals surface area contributed by atoms with Crippen molar-refractivity contribution in [1.82, 2.24) is 0 Å². The van der Waals surface area contributed by atoms with Crippen LogP contribution in [-0.2, 0) is 9.53 Å². The summed E-state index contributed by atoms with van der Waals surface area (Å²) in [6.07, 6.45) is 2.36. The minimum absolute atomic E-state index is 0.146. The molecule has 0 fully saturated rings. The van der Waals surface area contributed by atoms with E-state index in [1.807, 2.05) is 0 Å². The van der Waals surface area contributed by atoms with Crippen molar-refractivity contribution in [1.29, 1.82) is 0 Å². The normalized spacial score (nSPS) is 16.9. The summed E-state index contributed by atoms with van der Waals surface area (Å²) in [4.78, 5) is 16.7. The molecule has 29 heavy (non-hydrogen) atoms. The van der Waals surface area contributed by atoms with E-state index in [1.54, 1.807) is 50.6 Å². The largest absolute Gasteiger partial charge is 0.497 e. The molecule has 0 unspecified atom stereocenters. The van der Waals surface area contributed by atoms with Gasteiger partial charge in [0.25, 0.3) is 0 Å². The maximum atomic E-state index is 12.3. The van der Waals surface area contributed by atoms with E-state index in [0.717, 1.165) is 6.42 Å². The number of carbonyl (C=O) groups is 1. The first-order chi connectivity index (χ1) is 14.1. The zero-order valence-corrected chi connectivity index (χ0v) is 16.6. The molecule has 2 heterocycles. The summed E-state index contributed by atoms with van der Waals surface area (Å²) in [6.45, 7) is 1.07. The van der Waals surface area contributed by atoms with Crippen LogP contribution in [0.5, 0.6) is 23.0 Å². The van der Waals surface area contributed by atoms with Crippen LogP contribution in [0.15, 0.2) is 41.0 Å². The Bertz CT molecular complexity index is 1010. The molecule has 2 aromatic rings. The maximum absolute atomic E-state index is 12.3. The third kappa shape index (κ3) is 4.00. The number of hydrogen-bond acceptors (Lipinski definition) is 7. The van der Waals surface area contributed by atoms with E-state index in [0.29, 0.717) is 52.4 Å². The number of hydrogen-bond donors (Lipinski definition) is 0. The van der Waals surface area contributed by atoms with Crippen LogP contribution in [0.1, 0.15) is 17.5 Å². The first-order valence-corrected chi connectivity index (χ1v) is 9.30. The summed E-state index contributed by atoms with van der Waals surface area (Å²) in [5.74, 6) is 1.77. The highest BCUT2D eigenvalue weighted by molar-refractivity contribution is 6.32. The van der Waals surface area contributed by atoms with Crippen molar-refractivity contribution in [2.45, 2.75) is 6.42 Å². The summed E-state index contributed by atoms with van der Waals surface area (Å²) in [5, 5.41) is 0.407. The zero-order valence-electron chi connectivity index (χ0n) is 15.9. The second kappa shape index (κ2) is 8.05. The van der Waals surface area contributed by atoms with Gasteiger partial charge >= 0.3 is 5.97 Å². The minimum Gasteiger partial charge on any atom is -0.497 e. The van der Waals surface area contributed by atoms with Gasteiger partial charge in [0, 0.05) is 18.1 Å². The van der Waals surface area contributed by atoms with E-state index in [2.05, 4.69) is 4.99 Å². The number of cyclic esters (lactones) is 1. The Morgan fingerprint density at radius 2 is 1.76 bits per heavy atom. The number of benzene rings is 2. The SMILES string of the molecule is COc1cc(OC)cc(C2=N/C(=C\c3cc(Cl)c4c(c3)OCCCO4)C(=O)O2)c1. The average Bonchev–Trinajstić information content (AvgIpc) is 2.93. The molecule has 0 atom stereocenters. The number of rotatable bonds is 4. The van der Waals surface area contributed by atoms with Crippen molar-refractivity contribution in [3.05, 3.63) is 52.2 Å². The summed E-state index contributed by atoms with van der Waals surface area (Å²) in [7, 11) is 3.08. The van der Waals surface area contributed by atoms with E-state index < -0.39 is 5.97 Å².